The van der Waals surface area contributed by atoms with Gasteiger partial charge in [-0.1, -0.05) is 26.0 Å². The first kappa shape index (κ1) is 17.3. The van der Waals surface area contributed by atoms with E-state index in [9.17, 15) is 5.26 Å². The van der Waals surface area contributed by atoms with Gasteiger partial charge in [0, 0.05) is 22.9 Å². The standard InChI is InChI=1S/C24H23N2O/c1-14(2)18-12-16(4)20(19-8-6-7-11-26(19)5)24-22(18)21-17(13-25)10-9-15(3)23(21)27-24/h6-12,14H,1-5H3/q+1. The Balaban J connectivity index is 2.30. The molecule has 0 spiro atoms. The van der Waals surface area contributed by atoms with Crippen molar-refractivity contribution in [2.75, 3.05) is 0 Å². The largest absolute Gasteiger partial charge is 0.455 e. The van der Waals surface area contributed by atoms with Crippen molar-refractivity contribution in [1.29, 1.82) is 5.26 Å². The molecular weight excluding hydrogens is 332 g/mol. The minimum absolute atomic E-state index is 0.331. The number of rotatable bonds is 2. The number of furan rings is 1. The summed E-state index contributed by atoms with van der Waals surface area (Å²) in [4.78, 5) is 0. The van der Waals surface area contributed by atoms with Crippen LogP contribution in [0.5, 0.6) is 0 Å². The number of nitriles is 1. The van der Waals surface area contributed by atoms with Crippen molar-refractivity contribution in [3.05, 3.63) is 64.8 Å². The van der Waals surface area contributed by atoms with E-state index in [-0.39, 0.29) is 0 Å². The zero-order chi connectivity index (χ0) is 19.3. The number of fused-ring (bicyclic) bond motifs is 3. The maximum Gasteiger partial charge on any atom is 0.216 e. The van der Waals surface area contributed by atoms with Gasteiger partial charge < -0.3 is 4.42 Å². The summed E-state index contributed by atoms with van der Waals surface area (Å²) in [5, 5.41) is 11.7. The average molecular weight is 355 g/mol. The van der Waals surface area contributed by atoms with Gasteiger partial charge in [-0.15, -0.1) is 0 Å². The van der Waals surface area contributed by atoms with E-state index in [1.165, 1.54) is 11.1 Å². The molecule has 2 heterocycles. The van der Waals surface area contributed by atoms with Crippen molar-refractivity contribution in [1.82, 2.24) is 0 Å². The molecule has 0 aliphatic rings. The van der Waals surface area contributed by atoms with Crippen LogP contribution < -0.4 is 4.57 Å². The number of aryl methyl sites for hydroxylation is 3. The highest BCUT2D eigenvalue weighted by Gasteiger charge is 2.25. The van der Waals surface area contributed by atoms with Crippen molar-refractivity contribution in [2.24, 2.45) is 7.05 Å². The van der Waals surface area contributed by atoms with Crippen molar-refractivity contribution in [3.8, 4) is 17.3 Å². The Labute approximate surface area is 159 Å². The van der Waals surface area contributed by atoms with Crippen LogP contribution >= 0.6 is 0 Å². The highest BCUT2D eigenvalue weighted by atomic mass is 16.3. The molecule has 27 heavy (non-hydrogen) atoms. The van der Waals surface area contributed by atoms with Gasteiger partial charge in [-0.3, -0.25) is 0 Å². The van der Waals surface area contributed by atoms with E-state index >= 15 is 0 Å². The van der Waals surface area contributed by atoms with Gasteiger partial charge in [0.15, 0.2) is 6.20 Å². The SMILES string of the molecule is Cc1cc(C(C)C)c2c(oc3c(C)ccc(C#N)c32)c1-c1cccc[n+]1C. The molecule has 0 amide bonds. The van der Waals surface area contributed by atoms with Gasteiger partial charge in [-0.05, 0) is 48.6 Å². The first-order valence-electron chi connectivity index (χ1n) is 9.28. The monoisotopic (exact) mass is 355 g/mol. The van der Waals surface area contributed by atoms with Crippen LogP contribution in [-0.2, 0) is 7.05 Å². The maximum absolute atomic E-state index is 9.72. The molecule has 0 atom stereocenters. The van der Waals surface area contributed by atoms with E-state index in [1.54, 1.807) is 0 Å². The summed E-state index contributed by atoms with van der Waals surface area (Å²) in [6.45, 7) is 8.56. The second-order valence-corrected chi connectivity index (χ2v) is 7.56. The Bertz CT molecular complexity index is 1240. The minimum Gasteiger partial charge on any atom is -0.455 e. The number of pyridine rings is 1. The average Bonchev–Trinajstić information content (AvgIpc) is 3.03. The predicted molar refractivity (Wildman–Crippen MR) is 109 cm³/mol. The van der Waals surface area contributed by atoms with Crippen LogP contribution in [0.15, 0.2) is 47.0 Å². The van der Waals surface area contributed by atoms with Gasteiger partial charge in [-0.25, -0.2) is 4.57 Å². The molecule has 2 aromatic heterocycles. The van der Waals surface area contributed by atoms with Crippen molar-refractivity contribution < 1.29 is 8.98 Å². The van der Waals surface area contributed by atoms with Crippen LogP contribution in [0.1, 0.15) is 42.0 Å². The molecule has 3 nitrogen and oxygen atoms in total. The summed E-state index contributed by atoms with van der Waals surface area (Å²) < 4.78 is 8.59. The summed E-state index contributed by atoms with van der Waals surface area (Å²) in [6, 6.07) is 14.7. The van der Waals surface area contributed by atoms with Crippen LogP contribution in [0, 0.1) is 25.2 Å². The third kappa shape index (κ3) is 2.52. The Morgan fingerprint density at radius 2 is 1.78 bits per heavy atom. The quantitative estimate of drug-likeness (QED) is 0.433. The number of hydrogen-bond donors (Lipinski definition) is 0. The van der Waals surface area contributed by atoms with E-state index in [0.717, 1.165) is 38.8 Å². The van der Waals surface area contributed by atoms with E-state index < -0.39 is 0 Å². The molecule has 0 aliphatic carbocycles. The summed E-state index contributed by atoms with van der Waals surface area (Å²) in [7, 11) is 2.05. The second kappa shape index (κ2) is 6.25. The molecule has 0 radical (unpaired) electrons. The number of benzene rings is 2. The molecule has 0 bridgehead atoms. The predicted octanol–water partition coefficient (Wildman–Crippen LogP) is 5.69. The van der Waals surface area contributed by atoms with Gasteiger partial charge >= 0.3 is 0 Å². The summed E-state index contributed by atoms with van der Waals surface area (Å²) in [6.07, 6.45) is 2.05. The molecule has 0 aliphatic heterocycles. The van der Waals surface area contributed by atoms with Crippen LogP contribution in [0.3, 0.4) is 0 Å². The van der Waals surface area contributed by atoms with Crippen LogP contribution in [0.2, 0.25) is 0 Å². The molecule has 4 rings (SSSR count). The van der Waals surface area contributed by atoms with Crippen molar-refractivity contribution >= 4 is 21.9 Å². The Hall–Kier alpha value is -3.12. The fraction of sp³-hybridized carbons (Fsp3) is 0.250. The fourth-order valence-electron chi connectivity index (χ4n) is 3.99. The zero-order valence-corrected chi connectivity index (χ0v) is 16.4. The zero-order valence-electron chi connectivity index (χ0n) is 16.4. The molecule has 134 valence electrons. The molecular formula is C24H23N2O+. The molecule has 0 saturated carbocycles. The molecule has 4 aromatic rings. The molecule has 2 aromatic carbocycles. The number of aromatic nitrogens is 1. The number of nitrogens with zero attached hydrogens (tertiary/aromatic N) is 2. The highest BCUT2D eigenvalue weighted by Crippen LogP contribution is 2.43. The second-order valence-electron chi connectivity index (χ2n) is 7.56. The van der Waals surface area contributed by atoms with Gasteiger partial charge in [0.1, 0.15) is 18.2 Å². The lowest BCUT2D eigenvalue weighted by molar-refractivity contribution is -0.660. The maximum atomic E-state index is 9.72. The Morgan fingerprint density at radius 1 is 1.00 bits per heavy atom. The topological polar surface area (TPSA) is 40.8 Å². The Morgan fingerprint density at radius 3 is 2.44 bits per heavy atom. The lowest BCUT2D eigenvalue weighted by atomic mass is 9.90. The molecule has 0 unspecified atom stereocenters. The lowest BCUT2D eigenvalue weighted by Gasteiger charge is -2.12. The normalized spacial score (nSPS) is 11.4. The van der Waals surface area contributed by atoms with Crippen molar-refractivity contribution in [2.45, 2.75) is 33.6 Å². The first-order valence-corrected chi connectivity index (χ1v) is 9.28. The van der Waals surface area contributed by atoms with Gasteiger partial charge in [0.25, 0.3) is 0 Å². The third-order valence-corrected chi connectivity index (χ3v) is 5.37. The molecule has 0 saturated heterocycles. The van der Waals surface area contributed by atoms with E-state index in [0.29, 0.717) is 11.5 Å². The van der Waals surface area contributed by atoms with Crippen LogP contribution in [0.25, 0.3) is 33.2 Å². The Kier molecular flexibility index (Phi) is 4.00. The minimum atomic E-state index is 0.331. The summed E-state index contributed by atoms with van der Waals surface area (Å²) in [5.41, 5.74) is 8.02. The third-order valence-electron chi connectivity index (χ3n) is 5.37. The van der Waals surface area contributed by atoms with Crippen LogP contribution in [-0.4, -0.2) is 0 Å². The highest BCUT2D eigenvalue weighted by molar-refractivity contribution is 6.14. The molecule has 0 N–H and O–H groups in total. The molecule has 3 heteroatoms. The van der Waals surface area contributed by atoms with E-state index in [4.69, 9.17) is 4.42 Å². The van der Waals surface area contributed by atoms with E-state index in [2.05, 4.69) is 43.5 Å². The van der Waals surface area contributed by atoms with Gasteiger partial charge in [-0.2, -0.15) is 5.26 Å². The summed E-state index contributed by atoms with van der Waals surface area (Å²) in [5.74, 6) is 0.331. The smallest absolute Gasteiger partial charge is 0.216 e. The summed E-state index contributed by atoms with van der Waals surface area (Å²) >= 11 is 0. The number of hydrogen-bond acceptors (Lipinski definition) is 2. The fourth-order valence-corrected chi connectivity index (χ4v) is 3.99. The lowest BCUT2D eigenvalue weighted by Crippen LogP contribution is -2.30. The van der Waals surface area contributed by atoms with Gasteiger partial charge in [0.05, 0.1) is 17.2 Å². The van der Waals surface area contributed by atoms with Crippen LogP contribution in [0.4, 0.5) is 0 Å². The van der Waals surface area contributed by atoms with E-state index in [1.807, 2.05) is 44.4 Å². The van der Waals surface area contributed by atoms with Gasteiger partial charge in [0.2, 0.25) is 5.69 Å². The first-order chi connectivity index (χ1) is 12.9. The molecule has 0 fully saturated rings. The van der Waals surface area contributed by atoms with Crippen molar-refractivity contribution in [3.63, 3.8) is 0 Å².